The zero-order valence-electron chi connectivity index (χ0n) is 21.1. The second-order valence-electron chi connectivity index (χ2n) is 10.5. The molecule has 0 N–H and O–H groups in total. The number of anilines is 1. The van der Waals surface area contributed by atoms with Gasteiger partial charge in [-0.25, -0.2) is 12.7 Å². The second-order valence-corrected chi connectivity index (χ2v) is 12.4. The van der Waals surface area contributed by atoms with Gasteiger partial charge in [-0.05, 0) is 60.2 Å². The van der Waals surface area contributed by atoms with E-state index in [1.165, 1.54) is 9.21 Å². The van der Waals surface area contributed by atoms with Gasteiger partial charge in [-0.15, -0.1) is 0 Å². The van der Waals surface area contributed by atoms with Crippen molar-refractivity contribution in [3.63, 3.8) is 0 Å². The molecule has 3 aromatic rings. The molecule has 4 atom stereocenters. The Balaban J connectivity index is 1.54. The molecule has 0 radical (unpaired) electrons. The maximum Gasteiger partial charge on any atom is 0.266 e. The highest BCUT2D eigenvalue weighted by molar-refractivity contribution is 7.92. The third kappa shape index (κ3) is 2.76. The number of fused-ring (bicyclic) bond motifs is 6. The summed E-state index contributed by atoms with van der Waals surface area (Å²) in [5.74, 6) is -0.399. The molecule has 2 saturated heterocycles. The number of hydrogen-bond acceptors (Lipinski definition) is 4. The van der Waals surface area contributed by atoms with Gasteiger partial charge in [-0.2, -0.15) is 0 Å². The van der Waals surface area contributed by atoms with E-state index in [0.717, 1.165) is 28.7 Å². The minimum absolute atomic E-state index is 0.149. The van der Waals surface area contributed by atoms with Crippen LogP contribution in [0.3, 0.4) is 0 Å². The summed E-state index contributed by atoms with van der Waals surface area (Å²) in [6.45, 7) is 1.71. The van der Waals surface area contributed by atoms with Gasteiger partial charge in [0, 0.05) is 7.05 Å². The Hall–Kier alpha value is -3.91. The molecular formula is C30H27N3O4S. The summed E-state index contributed by atoms with van der Waals surface area (Å²) in [7, 11) is -2.43. The Morgan fingerprint density at radius 2 is 1.55 bits per heavy atom. The Morgan fingerprint density at radius 3 is 2.34 bits per heavy atom. The zero-order valence-corrected chi connectivity index (χ0v) is 21.9. The quantitative estimate of drug-likeness (QED) is 0.524. The fourth-order valence-corrected chi connectivity index (χ4v) is 8.70. The third-order valence-electron chi connectivity index (χ3n) is 8.84. The number of nitrogens with zero attached hydrogens (tertiary/aromatic N) is 3. The Labute approximate surface area is 222 Å². The van der Waals surface area contributed by atoms with Crippen LogP contribution in [-0.2, 0) is 31.4 Å². The maximum absolute atomic E-state index is 14.4. The van der Waals surface area contributed by atoms with Gasteiger partial charge in [0.25, 0.3) is 10.0 Å². The highest BCUT2D eigenvalue weighted by atomic mass is 32.2. The molecule has 192 valence electrons. The van der Waals surface area contributed by atoms with E-state index in [4.69, 9.17) is 0 Å². The number of benzene rings is 3. The van der Waals surface area contributed by atoms with Crippen molar-refractivity contribution in [2.75, 3.05) is 11.4 Å². The van der Waals surface area contributed by atoms with E-state index in [2.05, 4.69) is 18.2 Å². The van der Waals surface area contributed by atoms with Crippen LogP contribution in [0.1, 0.15) is 30.0 Å². The number of carbonyl (C=O) groups is 2. The molecule has 1 aliphatic carbocycles. The Morgan fingerprint density at radius 1 is 0.868 bits per heavy atom. The predicted molar refractivity (Wildman–Crippen MR) is 144 cm³/mol. The highest BCUT2D eigenvalue weighted by Gasteiger charge is 2.69. The van der Waals surface area contributed by atoms with Gasteiger partial charge in [0.2, 0.25) is 11.8 Å². The standard InChI is InChI=1S/C30H27N3O4S/c1-19-27(34)32-26(28(35)31(19)2)18-30(23-17-16-20-10-6-7-13-22(20)23)24-14-8-9-15-25(24)33(29(30)32)38(36,37)21-11-4-3-5-12-21/h3-15,17,19,26,29H,16,18H2,1-2H3. The smallest absolute Gasteiger partial charge is 0.266 e. The molecule has 2 fully saturated rings. The van der Waals surface area contributed by atoms with E-state index in [9.17, 15) is 18.0 Å². The predicted octanol–water partition coefficient (Wildman–Crippen LogP) is 3.56. The summed E-state index contributed by atoms with van der Waals surface area (Å²) in [6.07, 6.45) is 2.29. The monoisotopic (exact) mass is 525 g/mol. The summed E-state index contributed by atoms with van der Waals surface area (Å²) in [4.78, 5) is 30.9. The number of likely N-dealkylation sites (N-methyl/N-ethyl adjacent to an activating group) is 1. The first-order valence-corrected chi connectivity index (χ1v) is 14.3. The number of allylic oxidation sites excluding steroid dienone is 1. The van der Waals surface area contributed by atoms with E-state index in [-0.39, 0.29) is 16.7 Å². The van der Waals surface area contributed by atoms with Crippen LogP contribution in [0.5, 0.6) is 0 Å². The summed E-state index contributed by atoms with van der Waals surface area (Å²) in [6, 6.07) is 22.5. The minimum atomic E-state index is -4.09. The SMILES string of the molecule is CC1C(=O)N2C(CC3(C4=CCc5ccccc54)c4ccccc4N(S(=O)(=O)c4ccccc4)C23)C(=O)N1C. The van der Waals surface area contributed by atoms with E-state index in [1.807, 2.05) is 36.4 Å². The van der Waals surface area contributed by atoms with Gasteiger partial charge in [-0.1, -0.05) is 66.7 Å². The molecule has 7 nitrogen and oxygen atoms in total. The first kappa shape index (κ1) is 23.2. The average molecular weight is 526 g/mol. The van der Waals surface area contributed by atoms with E-state index in [1.54, 1.807) is 49.2 Å². The fraction of sp³-hybridized carbons (Fsp3) is 0.267. The molecular weight excluding hydrogens is 498 g/mol. The highest BCUT2D eigenvalue weighted by Crippen LogP contribution is 2.62. The topological polar surface area (TPSA) is 78.0 Å². The van der Waals surface area contributed by atoms with Gasteiger partial charge in [0.05, 0.1) is 16.0 Å². The van der Waals surface area contributed by atoms with Crippen molar-refractivity contribution >= 4 is 33.1 Å². The third-order valence-corrected chi connectivity index (χ3v) is 10.6. The molecule has 3 aliphatic heterocycles. The van der Waals surface area contributed by atoms with Crippen molar-refractivity contribution in [3.05, 3.63) is 102 Å². The maximum atomic E-state index is 14.4. The molecule has 0 spiro atoms. The van der Waals surface area contributed by atoms with Crippen LogP contribution in [-0.4, -0.2) is 55.3 Å². The lowest BCUT2D eigenvalue weighted by Gasteiger charge is -2.44. The summed E-state index contributed by atoms with van der Waals surface area (Å²) >= 11 is 0. The Bertz CT molecular complexity index is 1650. The molecule has 38 heavy (non-hydrogen) atoms. The van der Waals surface area contributed by atoms with Crippen molar-refractivity contribution in [3.8, 4) is 0 Å². The number of piperazine rings is 1. The number of amides is 2. The second kappa shape index (κ2) is 7.80. The molecule has 0 bridgehead atoms. The number of rotatable bonds is 3. The minimum Gasteiger partial charge on any atom is -0.332 e. The van der Waals surface area contributed by atoms with Crippen molar-refractivity contribution in [1.29, 1.82) is 0 Å². The largest absolute Gasteiger partial charge is 0.332 e. The van der Waals surface area contributed by atoms with E-state index < -0.39 is 33.7 Å². The first-order valence-electron chi connectivity index (χ1n) is 12.9. The lowest BCUT2D eigenvalue weighted by Crippen LogP contribution is -2.65. The fourth-order valence-electron chi connectivity index (χ4n) is 7.01. The van der Waals surface area contributed by atoms with Gasteiger partial charge in [0.15, 0.2) is 0 Å². The summed E-state index contributed by atoms with van der Waals surface area (Å²) in [5, 5.41) is 0. The van der Waals surface area contributed by atoms with E-state index >= 15 is 0 Å². The molecule has 0 aromatic heterocycles. The van der Waals surface area contributed by atoms with Crippen LogP contribution in [0.15, 0.2) is 89.8 Å². The normalized spacial score (nSPS) is 27.7. The van der Waals surface area contributed by atoms with Crippen molar-refractivity contribution < 1.29 is 18.0 Å². The molecule has 3 aromatic carbocycles. The van der Waals surface area contributed by atoms with Crippen molar-refractivity contribution in [2.24, 2.45) is 0 Å². The van der Waals surface area contributed by atoms with Crippen LogP contribution in [0.25, 0.3) is 5.57 Å². The van der Waals surface area contributed by atoms with Gasteiger partial charge in [-0.3, -0.25) is 9.59 Å². The number of hydrogen-bond donors (Lipinski definition) is 0. The number of sulfonamides is 1. The van der Waals surface area contributed by atoms with Crippen molar-refractivity contribution in [2.45, 2.75) is 48.3 Å². The van der Waals surface area contributed by atoms with Crippen LogP contribution < -0.4 is 4.31 Å². The van der Waals surface area contributed by atoms with Crippen molar-refractivity contribution in [1.82, 2.24) is 9.80 Å². The first-order chi connectivity index (χ1) is 18.3. The van der Waals surface area contributed by atoms with Crippen LogP contribution in [0, 0.1) is 0 Å². The molecule has 0 saturated carbocycles. The lowest BCUT2D eigenvalue weighted by molar-refractivity contribution is -0.158. The van der Waals surface area contributed by atoms with Crippen LogP contribution in [0.2, 0.25) is 0 Å². The number of para-hydroxylation sites is 1. The summed E-state index contributed by atoms with van der Waals surface area (Å²) < 4.78 is 30.3. The molecule has 3 heterocycles. The van der Waals surface area contributed by atoms with Crippen LogP contribution in [0.4, 0.5) is 5.69 Å². The van der Waals surface area contributed by atoms with Gasteiger partial charge in [0.1, 0.15) is 18.2 Å². The average Bonchev–Trinajstić information content (AvgIpc) is 3.60. The summed E-state index contributed by atoms with van der Waals surface area (Å²) in [5.41, 5.74) is 3.68. The van der Waals surface area contributed by atoms with E-state index in [0.29, 0.717) is 12.1 Å². The molecule has 4 unspecified atom stereocenters. The molecule has 4 aliphatic rings. The molecule has 7 rings (SSSR count). The zero-order chi connectivity index (χ0) is 26.4. The Kier molecular flexibility index (Phi) is 4.77. The lowest BCUT2D eigenvalue weighted by atomic mass is 9.70. The van der Waals surface area contributed by atoms with Gasteiger partial charge >= 0.3 is 0 Å². The molecule has 2 amide bonds. The molecule has 8 heteroatoms. The van der Waals surface area contributed by atoms with Crippen LogP contribution >= 0.6 is 0 Å². The number of carbonyl (C=O) groups excluding carboxylic acids is 2. The van der Waals surface area contributed by atoms with Gasteiger partial charge < -0.3 is 9.80 Å².